The van der Waals surface area contributed by atoms with E-state index in [1.54, 1.807) is 30.5 Å². The molecule has 0 radical (unpaired) electrons. The van der Waals surface area contributed by atoms with Crippen LogP contribution in [0.4, 0.5) is 5.82 Å². The van der Waals surface area contributed by atoms with E-state index in [4.69, 9.17) is 5.21 Å². The van der Waals surface area contributed by atoms with Crippen molar-refractivity contribution in [3.05, 3.63) is 72.7 Å². The summed E-state index contributed by atoms with van der Waals surface area (Å²) in [6, 6.07) is 12.2. The Morgan fingerprint density at radius 3 is 2.61 bits per heavy atom. The van der Waals surface area contributed by atoms with Crippen LogP contribution in [-0.4, -0.2) is 66.6 Å². The molecule has 1 saturated heterocycles. The van der Waals surface area contributed by atoms with E-state index in [1.165, 1.54) is 23.9 Å². The first-order chi connectivity index (χ1) is 15.9. The number of carbonyl (C=O) groups excluding carboxylic acids is 1. The average molecular weight is 468 g/mol. The summed E-state index contributed by atoms with van der Waals surface area (Å²) in [5.41, 5.74) is 3.66. The molecule has 2 aromatic heterocycles. The minimum Gasteiger partial charge on any atom is -0.354 e. The van der Waals surface area contributed by atoms with Gasteiger partial charge in [0.2, 0.25) is 0 Å². The zero-order chi connectivity index (χ0) is 23.4. The number of hydroxylamine groups is 1. The van der Waals surface area contributed by atoms with Crippen LogP contribution in [0.5, 0.6) is 0 Å². The van der Waals surface area contributed by atoms with Crippen LogP contribution in [-0.2, 0) is 14.8 Å². The van der Waals surface area contributed by atoms with E-state index < -0.39 is 15.9 Å². The molecule has 0 unspecified atom stereocenters. The van der Waals surface area contributed by atoms with Crippen molar-refractivity contribution in [1.29, 1.82) is 0 Å². The van der Waals surface area contributed by atoms with Crippen molar-refractivity contribution >= 4 is 27.8 Å². The van der Waals surface area contributed by atoms with E-state index in [2.05, 4.69) is 21.8 Å². The highest BCUT2D eigenvalue weighted by molar-refractivity contribution is 7.90. The Kier molecular flexibility index (Phi) is 6.59. The predicted octanol–water partition coefficient (Wildman–Crippen LogP) is 2.06. The number of pyridine rings is 1. The van der Waals surface area contributed by atoms with Crippen LogP contribution in [0.15, 0.2) is 72.0 Å². The Balaban J connectivity index is 1.59. The number of nitrogens with zero attached hydrogens (tertiary/aromatic N) is 4. The quantitative estimate of drug-likeness (QED) is 0.325. The van der Waals surface area contributed by atoms with Crippen LogP contribution in [0.2, 0.25) is 0 Å². The summed E-state index contributed by atoms with van der Waals surface area (Å²) in [6.45, 7) is 3.73. The lowest BCUT2D eigenvalue weighted by atomic mass is 10.1. The third-order valence-electron chi connectivity index (χ3n) is 5.54. The van der Waals surface area contributed by atoms with E-state index >= 15 is 0 Å². The van der Waals surface area contributed by atoms with Gasteiger partial charge in [-0.05, 0) is 60.1 Å². The number of amides is 1. The largest absolute Gasteiger partial charge is 0.354 e. The molecule has 1 amide bonds. The van der Waals surface area contributed by atoms with Gasteiger partial charge >= 0.3 is 0 Å². The van der Waals surface area contributed by atoms with Crippen molar-refractivity contribution in [3.8, 4) is 11.1 Å². The van der Waals surface area contributed by atoms with Crippen molar-refractivity contribution in [2.45, 2.75) is 4.90 Å². The highest BCUT2D eigenvalue weighted by Crippen LogP contribution is 2.27. The maximum atomic E-state index is 13.2. The van der Waals surface area contributed by atoms with Crippen molar-refractivity contribution in [2.75, 3.05) is 38.1 Å². The molecule has 0 spiro atoms. The normalized spacial score (nSPS) is 15.2. The van der Waals surface area contributed by atoms with Gasteiger partial charge in [-0.1, -0.05) is 12.1 Å². The summed E-state index contributed by atoms with van der Waals surface area (Å²) >= 11 is 0. The maximum Gasteiger partial charge on any atom is 0.267 e. The third kappa shape index (κ3) is 5.14. The highest BCUT2D eigenvalue weighted by atomic mass is 32.2. The smallest absolute Gasteiger partial charge is 0.267 e. The second-order valence-electron chi connectivity index (χ2n) is 7.81. The van der Waals surface area contributed by atoms with Gasteiger partial charge in [-0.3, -0.25) is 10.0 Å². The van der Waals surface area contributed by atoms with Gasteiger partial charge in [0.15, 0.2) is 0 Å². The molecule has 4 rings (SSSR count). The summed E-state index contributed by atoms with van der Waals surface area (Å²) in [7, 11) is -1.73. The Morgan fingerprint density at radius 1 is 1.09 bits per heavy atom. The van der Waals surface area contributed by atoms with Gasteiger partial charge < -0.3 is 9.80 Å². The Hall–Kier alpha value is -3.47. The van der Waals surface area contributed by atoms with Gasteiger partial charge in [-0.2, -0.15) is 0 Å². The fraction of sp³-hybridized carbons (Fsp3) is 0.217. The zero-order valence-electron chi connectivity index (χ0n) is 18.1. The fourth-order valence-corrected chi connectivity index (χ4v) is 4.87. The molecule has 0 aliphatic carbocycles. The van der Waals surface area contributed by atoms with E-state index in [0.29, 0.717) is 5.56 Å². The van der Waals surface area contributed by atoms with E-state index in [1.807, 2.05) is 18.2 Å². The van der Waals surface area contributed by atoms with Crippen LogP contribution in [0, 0.1) is 0 Å². The lowest BCUT2D eigenvalue weighted by Gasteiger charge is -2.33. The summed E-state index contributed by atoms with van der Waals surface area (Å²) in [4.78, 5) is 20.3. The first-order valence-corrected chi connectivity index (χ1v) is 11.9. The van der Waals surface area contributed by atoms with Crippen molar-refractivity contribution in [2.24, 2.45) is 0 Å². The molecule has 2 N–H and O–H groups in total. The molecule has 1 aliphatic heterocycles. The topological polar surface area (TPSA) is 108 Å². The van der Waals surface area contributed by atoms with Crippen molar-refractivity contribution in [3.63, 3.8) is 0 Å². The molecule has 1 aromatic carbocycles. The van der Waals surface area contributed by atoms with Crippen molar-refractivity contribution in [1.82, 2.24) is 19.3 Å². The minimum absolute atomic E-state index is 0.150. The molecule has 9 nitrogen and oxygen atoms in total. The van der Waals surface area contributed by atoms with Crippen LogP contribution in [0.25, 0.3) is 17.2 Å². The second kappa shape index (κ2) is 9.57. The lowest BCUT2D eigenvalue weighted by Crippen LogP contribution is -2.44. The number of aromatic nitrogens is 2. The number of piperazine rings is 1. The number of likely N-dealkylation sites (N-methyl/N-ethyl adjacent to an activating group) is 1. The molecular weight excluding hydrogens is 442 g/mol. The number of anilines is 1. The summed E-state index contributed by atoms with van der Waals surface area (Å²) in [6.07, 6.45) is 7.08. The van der Waals surface area contributed by atoms with Gasteiger partial charge in [0, 0.05) is 50.8 Å². The summed E-state index contributed by atoms with van der Waals surface area (Å²) < 4.78 is 27.4. The zero-order valence-corrected chi connectivity index (χ0v) is 18.9. The lowest BCUT2D eigenvalue weighted by molar-refractivity contribution is -0.124. The first-order valence-electron chi connectivity index (χ1n) is 10.4. The summed E-state index contributed by atoms with van der Waals surface area (Å²) in [5.74, 6) is 0.175. The minimum atomic E-state index is -3.83. The monoisotopic (exact) mass is 467 g/mol. The van der Waals surface area contributed by atoms with Gasteiger partial charge in [0.1, 0.15) is 5.82 Å². The van der Waals surface area contributed by atoms with E-state index in [9.17, 15) is 13.2 Å². The molecule has 0 atom stereocenters. The van der Waals surface area contributed by atoms with Gasteiger partial charge in [-0.15, -0.1) is 0 Å². The fourth-order valence-electron chi connectivity index (χ4n) is 3.61. The highest BCUT2D eigenvalue weighted by Gasteiger charge is 2.19. The van der Waals surface area contributed by atoms with Gasteiger partial charge in [0.25, 0.3) is 15.9 Å². The van der Waals surface area contributed by atoms with Gasteiger partial charge in [-0.25, -0.2) is 22.9 Å². The molecular formula is C23H25N5O4S. The Bertz CT molecular complexity index is 1280. The standard InChI is InChI=1S/C23H25N5O4S/c1-26-11-13-27(14-12-26)22-16-20(7-9-24-22)19-3-2-4-21(15-19)33(31,32)28-10-8-18(17-28)5-6-23(29)25-30/h2-10,15-17,30H,11-14H2,1H3,(H,25,29). The average Bonchev–Trinajstić information content (AvgIpc) is 3.33. The molecule has 33 heavy (non-hydrogen) atoms. The number of carbonyl (C=O) groups is 1. The second-order valence-corrected chi connectivity index (χ2v) is 9.65. The van der Waals surface area contributed by atoms with Crippen molar-refractivity contribution < 1.29 is 18.4 Å². The molecule has 0 bridgehead atoms. The maximum absolute atomic E-state index is 13.2. The van der Waals surface area contributed by atoms with Crippen LogP contribution in [0.1, 0.15) is 5.56 Å². The van der Waals surface area contributed by atoms with Crippen LogP contribution >= 0.6 is 0 Å². The molecule has 3 aromatic rings. The Morgan fingerprint density at radius 2 is 1.85 bits per heavy atom. The Labute approximate surface area is 192 Å². The number of rotatable bonds is 6. The van der Waals surface area contributed by atoms with Crippen LogP contribution in [0.3, 0.4) is 0 Å². The molecule has 10 heteroatoms. The first kappa shape index (κ1) is 22.7. The molecule has 1 fully saturated rings. The molecule has 3 heterocycles. The summed E-state index contributed by atoms with van der Waals surface area (Å²) in [5, 5.41) is 8.56. The molecule has 1 aliphatic rings. The van der Waals surface area contributed by atoms with E-state index in [0.717, 1.165) is 53.2 Å². The van der Waals surface area contributed by atoms with Gasteiger partial charge in [0.05, 0.1) is 4.90 Å². The SMILES string of the molecule is CN1CCN(c2cc(-c3cccc(S(=O)(=O)n4ccc(C=CC(=O)NO)c4)c3)ccn2)CC1. The number of benzene rings is 1. The predicted molar refractivity (Wildman–Crippen MR) is 125 cm³/mol. The molecule has 172 valence electrons. The van der Waals surface area contributed by atoms with Crippen LogP contribution < -0.4 is 10.4 Å². The number of nitrogens with one attached hydrogen (secondary N) is 1. The number of hydrogen-bond donors (Lipinski definition) is 2. The molecule has 0 saturated carbocycles. The third-order valence-corrected chi connectivity index (χ3v) is 7.17. The number of hydrogen-bond acceptors (Lipinski definition) is 7. The van der Waals surface area contributed by atoms with E-state index in [-0.39, 0.29) is 4.90 Å².